The first-order valence-corrected chi connectivity index (χ1v) is 7.45. The fourth-order valence-electron chi connectivity index (χ4n) is 2.79. The van der Waals surface area contributed by atoms with Gasteiger partial charge in [0.05, 0.1) is 5.56 Å². The fraction of sp³-hybridized carbons (Fsp3) is 0. The number of benzene rings is 2. The number of carbonyl (C=O) groups is 2. The highest BCUT2D eigenvalue weighted by molar-refractivity contribution is 5.95. The second-order valence-corrected chi connectivity index (χ2v) is 5.56. The molecule has 5 heteroatoms. The lowest BCUT2D eigenvalue weighted by Gasteiger charge is -2.05. The van der Waals surface area contributed by atoms with Gasteiger partial charge in [-0.05, 0) is 35.9 Å². The van der Waals surface area contributed by atoms with Gasteiger partial charge in [0.15, 0.2) is 0 Å². The Morgan fingerprint density at radius 2 is 1.56 bits per heavy atom. The molecule has 3 aromatic rings. The first kappa shape index (κ1) is 16.3. The monoisotopic (exact) mass is 333 g/mol. The molecule has 0 aliphatic heterocycles. The van der Waals surface area contributed by atoms with Gasteiger partial charge in [-0.3, -0.25) is 0 Å². The normalized spacial score (nSPS) is 11.2. The largest absolute Gasteiger partial charge is 0.478 e. The van der Waals surface area contributed by atoms with E-state index < -0.39 is 11.9 Å². The van der Waals surface area contributed by atoms with E-state index in [0.717, 1.165) is 28.1 Å². The van der Waals surface area contributed by atoms with Crippen LogP contribution in [-0.4, -0.2) is 26.7 Å². The second kappa shape index (κ2) is 6.13. The number of aliphatic carboxylic acids is 1. The number of aromatic nitrogens is 1. The van der Waals surface area contributed by atoms with Crippen LogP contribution in [0.1, 0.15) is 15.9 Å². The number of carboxylic acid groups (broad SMARTS) is 2. The Hall–Kier alpha value is -3.60. The van der Waals surface area contributed by atoms with Gasteiger partial charge in [-0.1, -0.05) is 31.4 Å². The summed E-state index contributed by atoms with van der Waals surface area (Å²) in [6, 6.07) is 12.1. The standard InChI is InChI=1S/C20H15NO4/c1-12-17-9-6-15(20(24)25)11-18(17)13(2)21(12)16-7-3-14(4-8-16)5-10-19(22)23/h3-11H,1-2H2,(H,22,23)(H,24,25). The summed E-state index contributed by atoms with van der Waals surface area (Å²) in [6.45, 7) is 8.15. The summed E-state index contributed by atoms with van der Waals surface area (Å²) in [4.78, 5) is 21.7. The molecule has 25 heavy (non-hydrogen) atoms. The molecule has 0 unspecified atom stereocenters. The number of carboxylic acids is 2. The van der Waals surface area contributed by atoms with Crippen LogP contribution in [0.5, 0.6) is 0 Å². The van der Waals surface area contributed by atoms with Gasteiger partial charge in [0, 0.05) is 33.2 Å². The second-order valence-electron chi connectivity index (χ2n) is 5.56. The maximum atomic E-state index is 11.2. The SMILES string of the molecule is C=c1c2ccc(C(=O)O)cc2c(=C)n1-c1ccc(C=CC(=O)O)cc1. The Labute approximate surface area is 143 Å². The third-order valence-corrected chi connectivity index (χ3v) is 4.00. The van der Waals surface area contributed by atoms with E-state index in [1.165, 1.54) is 6.08 Å². The van der Waals surface area contributed by atoms with E-state index in [0.29, 0.717) is 10.7 Å². The molecule has 0 bridgehead atoms. The van der Waals surface area contributed by atoms with Gasteiger partial charge in [0.25, 0.3) is 0 Å². The summed E-state index contributed by atoms with van der Waals surface area (Å²) >= 11 is 0. The van der Waals surface area contributed by atoms with Crippen molar-refractivity contribution in [2.75, 3.05) is 0 Å². The van der Waals surface area contributed by atoms with Gasteiger partial charge < -0.3 is 14.8 Å². The highest BCUT2D eigenvalue weighted by atomic mass is 16.4. The minimum absolute atomic E-state index is 0.198. The summed E-state index contributed by atoms with van der Waals surface area (Å²) in [6.07, 6.45) is 2.58. The number of hydrogen-bond donors (Lipinski definition) is 2. The Kier molecular flexibility index (Phi) is 3.99. The van der Waals surface area contributed by atoms with Crippen LogP contribution in [0.25, 0.3) is 35.7 Å². The zero-order chi connectivity index (χ0) is 18.1. The highest BCUT2D eigenvalue weighted by Gasteiger charge is 2.10. The number of nitrogens with zero attached hydrogens (tertiary/aromatic N) is 1. The van der Waals surface area contributed by atoms with Crippen LogP contribution in [0.15, 0.2) is 48.5 Å². The summed E-state index contributed by atoms with van der Waals surface area (Å²) in [7, 11) is 0. The third-order valence-electron chi connectivity index (χ3n) is 4.00. The highest BCUT2D eigenvalue weighted by Crippen LogP contribution is 2.14. The molecule has 0 saturated heterocycles. The minimum atomic E-state index is -1.00. The van der Waals surface area contributed by atoms with Crippen molar-refractivity contribution < 1.29 is 19.8 Å². The molecule has 0 radical (unpaired) electrons. The topological polar surface area (TPSA) is 79.5 Å². The maximum Gasteiger partial charge on any atom is 0.335 e. The quantitative estimate of drug-likeness (QED) is 0.718. The van der Waals surface area contributed by atoms with Crippen molar-refractivity contribution in [3.63, 3.8) is 0 Å². The molecule has 1 heterocycles. The number of rotatable bonds is 4. The van der Waals surface area contributed by atoms with Gasteiger partial charge in [-0.2, -0.15) is 0 Å². The van der Waals surface area contributed by atoms with Crippen LogP contribution >= 0.6 is 0 Å². The minimum Gasteiger partial charge on any atom is -0.478 e. The molecule has 1 aromatic heterocycles. The lowest BCUT2D eigenvalue weighted by atomic mass is 10.1. The Morgan fingerprint density at radius 1 is 0.920 bits per heavy atom. The molecule has 0 spiro atoms. The van der Waals surface area contributed by atoms with Crippen molar-refractivity contribution in [3.05, 3.63) is 70.4 Å². The molecule has 5 nitrogen and oxygen atoms in total. The van der Waals surface area contributed by atoms with E-state index in [4.69, 9.17) is 10.2 Å². The van der Waals surface area contributed by atoms with E-state index in [1.54, 1.807) is 30.3 Å². The van der Waals surface area contributed by atoms with E-state index in [-0.39, 0.29) is 5.56 Å². The summed E-state index contributed by atoms with van der Waals surface area (Å²) in [5, 5.41) is 20.8. The molecule has 2 N–H and O–H groups in total. The first-order chi connectivity index (χ1) is 11.9. The van der Waals surface area contributed by atoms with Crippen LogP contribution < -0.4 is 10.7 Å². The van der Waals surface area contributed by atoms with E-state index in [9.17, 15) is 9.59 Å². The molecule has 124 valence electrons. The third kappa shape index (κ3) is 2.95. The summed E-state index contributed by atoms with van der Waals surface area (Å²) in [5.41, 5.74) is 1.77. The molecule has 0 fully saturated rings. The number of fused-ring (bicyclic) bond motifs is 1. The predicted molar refractivity (Wildman–Crippen MR) is 97.2 cm³/mol. The molecular formula is C20H15NO4. The van der Waals surface area contributed by atoms with Crippen LogP contribution in [0.3, 0.4) is 0 Å². The molecular weight excluding hydrogens is 318 g/mol. The van der Waals surface area contributed by atoms with Crippen molar-refractivity contribution >= 4 is 41.9 Å². The molecule has 0 aliphatic rings. The Balaban J connectivity index is 2.13. The lowest BCUT2D eigenvalue weighted by molar-refractivity contribution is -0.131. The van der Waals surface area contributed by atoms with Crippen molar-refractivity contribution in [2.24, 2.45) is 0 Å². The average Bonchev–Trinajstić information content (AvgIpc) is 2.84. The van der Waals surface area contributed by atoms with Crippen LogP contribution in [0.2, 0.25) is 0 Å². The zero-order valence-electron chi connectivity index (χ0n) is 13.3. The molecule has 2 aromatic carbocycles. The average molecular weight is 333 g/mol. The van der Waals surface area contributed by atoms with Gasteiger partial charge >= 0.3 is 11.9 Å². The Morgan fingerprint density at radius 3 is 2.16 bits per heavy atom. The maximum absolute atomic E-state index is 11.2. The molecule has 3 rings (SSSR count). The predicted octanol–water partition coefficient (Wildman–Crippen LogP) is 2.25. The molecule has 0 atom stereocenters. The van der Waals surface area contributed by atoms with Gasteiger partial charge in [0.1, 0.15) is 0 Å². The molecule has 0 aliphatic carbocycles. The van der Waals surface area contributed by atoms with Crippen LogP contribution in [0, 0.1) is 0 Å². The fourth-order valence-corrected chi connectivity index (χ4v) is 2.79. The zero-order valence-corrected chi connectivity index (χ0v) is 13.3. The van der Waals surface area contributed by atoms with Crippen molar-refractivity contribution in [3.8, 4) is 5.69 Å². The number of hydrogen-bond acceptors (Lipinski definition) is 2. The van der Waals surface area contributed by atoms with Gasteiger partial charge in [-0.25, -0.2) is 9.59 Å². The van der Waals surface area contributed by atoms with Gasteiger partial charge in [-0.15, -0.1) is 0 Å². The van der Waals surface area contributed by atoms with Crippen molar-refractivity contribution in [1.29, 1.82) is 0 Å². The van der Waals surface area contributed by atoms with E-state index in [2.05, 4.69) is 13.2 Å². The van der Waals surface area contributed by atoms with Crippen LogP contribution in [0.4, 0.5) is 0 Å². The molecule has 0 saturated carbocycles. The van der Waals surface area contributed by atoms with E-state index in [1.807, 2.05) is 16.7 Å². The number of aromatic carboxylic acids is 1. The Bertz CT molecular complexity index is 1120. The smallest absolute Gasteiger partial charge is 0.335 e. The lowest BCUT2D eigenvalue weighted by Crippen LogP contribution is -2.22. The van der Waals surface area contributed by atoms with Crippen molar-refractivity contribution in [1.82, 2.24) is 4.57 Å². The summed E-state index contributed by atoms with van der Waals surface area (Å²) < 4.78 is 1.85. The van der Waals surface area contributed by atoms with Crippen molar-refractivity contribution in [2.45, 2.75) is 0 Å². The van der Waals surface area contributed by atoms with Crippen LogP contribution in [-0.2, 0) is 4.79 Å². The first-order valence-electron chi connectivity index (χ1n) is 7.45. The summed E-state index contributed by atoms with van der Waals surface area (Å²) in [5.74, 6) is -2.00. The van der Waals surface area contributed by atoms with E-state index >= 15 is 0 Å². The van der Waals surface area contributed by atoms with Gasteiger partial charge in [0.2, 0.25) is 0 Å². The molecule has 0 amide bonds.